The van der Waals surface area contributed by atoms with Gasteiger partial charge in [-0.25, -0.2) is 4.68 Å². The molecule has 7 heteroatoms. The zero-order chi connectivity index (χ0) is 18.9. The number of aromatic nitrogens is 3. The van der Waals surface area contributed by atoms with Crippen molar-refractivity contribution >= 4 is 11.7 Å². The quantitative estimate of drug-likeness (QED) is 0.884. The molecule has 2 unspecified atom stereocenters. The maximum absolute atomic E-state index is 12.4. The van der Waals surface area contributed by atoms with Crippen molar-refractivity contribution in [1.29, 1.82) is 0 Å². The summed E-state index contributed by atoms with van der Waals surface area (Å²) < 4.78 is 12.5. The lowest BCUT2D eigenvalue weighted by molar-refractivity contribution is -0.115. The minimum Gasteiger partial charge on any atom is -0.381 e. The topological polar surface area (TPSA) is 82.2 Å². The first-order valence-corrected chi connectivity index (χ1v) is 9.11. The van der Waals surface area contributed by atoms with Crippen LogP contribution >= 0.6 is 0 Å². The van der Waals surface area contributed by atoms with Gasteiger partial charge in [0.1, 0.15) is 11.6 Å². The van der Waals surface area contributed by atoms with E-state index in [-0.39, 0.29) is 17.9 Å². The Kier molecular flexibility index (Phi) is 5.18. The van der Waals surface area contributed by atoms with Gasteiger partial charge in [0, 0.05) is 25.2 Å². The van der Waals surface area contributed by atoms with Crippen LogP contribution in [-0.2, 0) is 21.5 Å². The van der Waals surface area contributed by atoms with Crippen molar-refractivity contribution in [1.82, 2.24) is 14.9 Å². The van der Waals surface area contributed by atoms with E-state index in [1.807, 2.05) is 17.7 Å². The number of hydrogen-bond acceptors (Lipinski definition) is 5. The molecule has 7 nitrogen and oxygen atoms in total. The molecule has 0 aromatic carbocycles. The molecule has 0 saturated heterocycles. The molecule has 1 aliphatic carbocycles. The van der Waals surface area contributed by atoms with Gasteiger partial charge in [0.15, 0.2) is 0 Å². The number of rotatable bonds is 5. The van der Waals surface area contributed by atoms with Gasteiger partial charge in [0.05, 0.1) is 29.5 Å². The zero-order valence-corrected chi connectivity index (χ0v) is 16.2. The molecule has 0 spiro atoms. The van der Waals surface area contributed by atoms with Crippen LogP contribution in [0, 0.1) is 6.92 Å². The predicted octanol–water partition coefficient (Wildman–Crippen LogP) is 3.40. The number of nitrogens with one attached hydrogen (secondary N) is 1. The van der Waals surface area contributed by atoms with E-state index in [1.54, 1.807) is 13.2 Å². The summed E-state index contributed by atoms with van der Waals surface area (Å²) in [6.45, 7) is 8.06. The Morgan fingerprint density at radius 1 is 1.38 bits per heavy atom. The summed E-state index contributed by atoms with van der Waals surface area (Å²) in [5.74, 6) is 1.51. The number of carbonyl (C=O) groups excluding carboxylic acids is 1. The second kappa shape index (κ2) is 7.23. The van der Waals surface area contributed by atoms with Crippen molar-refractivity contribution in [2.24, 2.45) is 0 Å². The summed E-state index contributed by atoms with van der Waals surface area (Å²) in [6, 6.07) is 3.77. The number of nitrogens with zero attached hydrogens (tertiary/aromatic N) is 3. The highest BCUT2D eigenvalue weighted by molar-refractivity contribution is 5.91. The average Bonchev–Trinajstić information content (AvgIpc) is 3.25. The third-order valence-corrected chi connectivity index (χ3v) is 4.78. The lowest BCUT2D eigenvalue weighted by atomic mass is 10.0. The molecule has 1 fully saturated rings. The van der Waals surface area contributed by atoms with Crippen LogP contribution in [0.15, 0.2) is 16.7 Å². The molecule has 0 radical (unpaired) electrons. The van der Waals surface area contributed by atoms with Gasteiger partial charge in [0.25, 0.3) is 0 Å². The van der Waals surface area contributed by atoms with E-state index in [0.717, 1.165) is 36.5 Å². The first-order valence-electron chi connectivity index (χ1n) is 9.11. The monoisotopic (exact) mass is 360 g/mol. The van der Waals surface area contributed by atoms with Crippen LogP contribution in [0.1, 0.15) is 63.1 Å². The van der Waals surface area contributed by atoms with Gasteiger partial charge in [-0.3, -0.25) is 4.79 Å². The summed E-state index contributed by atoms with van der Waals surface area (Å²) in [4.78, 5) is 12.4. The molecule has 3 rings (SSSR count). The van der Waals surface area contributed by atoms with Crippen LogP contribution in [0.5, 0.6) is 0 Å². The van der Waals surface area contributed by atoms with Gasteiger partial charge in [-0.05, 0) is 47.0 Å². The molecule has 0 aliphatic heterocycles. The second-order valence-corrected chi connectivity index (χ2v) is 8.06. The Morgan fingerprint density at radius 3 is 2.73 bits per heavy atom. The van der Waals surface area contributed by atoms with E-state index < -0.39 is 0 Å². The molecule has 0 bridgehead atoms. The van der Waals surface area contributed by atoms with Crippen LogP contribution in [0.2, 0.25) is 0 Å². The zero-order valence-electron chi connectivity index (χ0n) is 16.2. The number of ether oxygens (including phenoxy) is 1. The largest absolute Gasteiger partial charge is 0.381 e. The summed E-state index contributed by atoms with van der Waals surface area (Å²) in [6.07, 6.45) is 3.54. The number of methoxy groups -OCH3 is 1. The highest BCUT2D eigenvalue weighted by Gasteiger charge is 2.30. The van der Waals surface area contributed by atoms with Crippen molar-refractivity contribution in [3.63, 3.8) is 0 Å². The molecule has 26 heavy (non-hydrogen) atoms. The fraction of sp³-hybridized carbons (Fsp3) is 0.632. The van der Waals surface area contributed by atoms with Crippen molar-refractivity contribution in [2.75, 3.05) is 12.4 Å². The van der Waals surface area contributed by atoms with E-state index in [0.29, 0.717) is 17.8 Å². The Labute approximate surface area is 154 Å². The Balaban J connectivity index is 1.77. The Hall–Kier alpha value is -2.15. The molecule has 2 aromatic heterocycles. The van der Waals surface area contributed by atoms with Crippen molar-refractivity contribution < 1.29 is 14.1 Å². The molecule has 1 aliphatic rings. The lowest BCUT2D eigenvalue weighted by Crippen LogP contribution is -2.27. The van der Waals surface area contributed by atoms with Crippen LogP contribution in [0.25, 0.3) is 0 Å². The van der Waals surface area contributed by atoms with Gasteiger partial charge in [0.2, 0.25) is 5.91 Å². The van der Waals surface area contributed by atoms with Crippen molar-refractivity contribution in [3.8, 4) is 0 Å². The fourth-order valence-corrected chi connectivity index (χ4v) is 3.47. The first-order chi connectivity index (χ1) is 12.3. The molecule has 2 heterocycles. The third kappa shape index (κ3) is 4.15. The maximum atomic E-state index is 12.4. The number of hydrogen-bond donors (Lipinski definition) is 1. The van der Waals surface area contributed by atoms with Crippen LogP contribution in [0.3, 0.4) is 0 Å². The third-order valence-electron chi connectivity index (χ3n) is 4.78. The highest BCUT2D eigenvalue weighted by Crippen LogP contribution is 2.37. The molecule has 1 N–H and O–H groups in total. The Bertz CT molecular complexity index is 772. The normalized spacial score (nSPS) is 20.5. The van der Waals surface area contributed by atoms with Crippen LogP contribution < -0.4 is 5.32 Å². The average molecular weight is 360 g/mol. The number of anilines is 1. The van der Waals surface area contributed by atoms with Crippen LogP contribution in [0.4, 0.5) is 5.82 Å². The first kappa shape index (κ1) is 18.6. The van der Waals surface area contributed by atoms with Crippen LogP contribution in [-0.4, -0.2) is 34.1 Å². The Morgan fingerprint density at radius 2 is 2.15 bits per heavy atom. The molecule has 2 aromatic rings. The number of carbonyl (C=O) groups is 1. The van der Waals surface area contributed by atoms with Crippen molar-refractivity contribution in [3.05, 3.63) is 29.3 Å². The van der Waals surface area contributed by atoms with E-state index in [1.165, 1.54) is 0 Å². The van der Waals surface area contributed by atoms with E-state index in [2.05, 4.69) is 31.2 Å². The van der Waals surface area contributed by atoms with Gasteiger partial charge < -0.3 is 14.6 Å². The second-order valence-electron chi connectivity index (χ2n) is 8.06. The van der Waals surface area contributed by atoms with E-state index in [9.17, 15) is 4.79 Å². The van der Waals surface area contributed by atoms with Gasteiger partial charge >= 0.3 is 0 Å². The summed E-state index contributed by atoms with van der Waals surface area (Å²) in [7, 11) is 1.76. The maximum Gasteiger partial charge on any atom is 0.233 e. The van der Waals surface area contributed by atoms with Gasteiger partial charge in [-0.15, -0.1) is 0 Å². The fourth-order valence-electron chi connectivity index (χ4n) is 3.47. The molecule has 1 amide bonds. The summed E-state index contributed by atoms with van der Waals surface area (Å²) in [5.41, 5.74) is 1.55. The lowest BCUT2D eigenvalue weighted by Gasteiger charge is -2.22. The van der Waals surface area contributed by atoms with E-state index >= 15 is 0 Å². The molecule has 142 valence electrons. The molecule has 1 saturated carbocycles. The van der Waals surface area contributed by atoms with E-state index in [4.69, 9.17) is 14.4 Å². The van der Waals surface area contributed by atoms with Gasteiger partial charge in [-0.2, -0.15) is 5.10 Å². The number of aryl methyl sites for hydroxylation is 1. The summed E-state index contributed by atoms with van der Waals surface area (Å²) >= 11 is 0. The van der Waals surface area contributed by atoms with Gasteiger partial charge in [-0.1, -0.05) is 5.16 Å². The molecular weight excluding hydrogens is 332 g/mol. The standard InChI is InChI=1S/C19H28N4O3/c1-12-8-15(26-22-12)10-18(24)20-17-11-16(21-23(17)19(2,3)4)13-6-7-14(9-13)25-5/h8,11,13-14H,6-7,9-10H2,1-5H3,(H,20,24). The minimum atomic E-state index is -0.233. The number of amides is 1. The summed E-state index contributed by atoms with van der Waals surface area (Å²) in [5, 5.41) is 11.6. The highest BCUT2D eigenvalue weighted by atomic mass is 16.5. The predicted molar refractivity (Wildman–Crippen MR) is 98.2 cm³/mol. The van der Waals surface area contributed by atoms with Crippen molar-refractivity contribution in [2.45, 2.75) is 70.9 Å². The molecule has 2 atom stereocenters. The smallest absolute Gasteiger partial charge is 0.233 e. The molecular formula is C19H28N4O3. The minimum absolute atomic E-state index is 0.140. The SMILES string of the molecule is COC1CCC(c2cc(NC(=O)Cc3cc(C)no3)n(C(C)(C)C)n2)C1.